The van der Waals surface area contributed by atoms with Gasteiger partial charge in [-0.05, 0) is 77.9 Å². The Bertz CT molecular complexity index is 1780. The molecule has 4 aromatic carbocycles. The van der Waals surface area contributed by atoms with Crippen LogP contribution in [-0.2, 0) is 45.5 Å². The summed E-state index contributed by atoms with van der Waals surface area (Å²) in [5.41, 5.74) is 3.26. The van der Waals surface area contributed by atoms with Gasteiger partial charge in [0.15, 0.2) is 0 Å². The Morgan fingerprint density at radius 3 is 2.09 bits per heavy atom. The lowest BCUT2D eigenvalue weighted by Gasteiger charge is -2.32. The second kappa shape index (κ2) is 16.1. The van der Waals surface area contributed by atoms with Crippen LogP contribution in [0.4, 0.5) is 0 Å². The molecule has 4 aromatic rings. The number of nitrogens with zero attached hydrogens (tertiary/aromatic N) is 2. The summed E-state index contributed by atoms with van der Waals surface area (Å²) in [6.07, 6.45) is 2.52. The number of aryl methyl sites for hydroxylation is 1. The van der Waals surface area contributed by atoms with Crippen molar-refractivity contribution in [3.8, 4) is 0 Å². The zero-order valence-electron chi connectivity index (χ0n) is 25.7. The summed E-state index contributed by atoms with van der Waals surface area (Å²) in [5, 5.41) is 4.49. The highest BCUT2D eigenvalue weighted by Gasteiger charge is 2.31. The van der Waals surface area contributed by atoms with Crippen molar-refractivity contribution in [1.29, 1.82) is 0 Å². The number of hydrogen-bond acceptors (Lipinski definition) is 4. The SMILES string of the molecule is O=C(NCc1ccc(Cl)cc1Cl)[C@@H](Cc1ccccc1)N(Cc1ccc(Cl)cc1)C(=O)CCc1ccc(S(=O)(=O)N2CCCC2)cc1. The van der Waals surface area contributed by atoms with Gasteiger partial charge >= 0.3 is 0 Å². The van der Waals surface area contributed by atoms with Crippen LogP contribution in [0.2, 0.25) is 15.1 Å². The lowest BCUT2D eigenvalue weighted by Crippen LogP contribution is -2.50. The Morgan fingerprint density at radius 2 is 1.43 bits per heavy atom. The van der Waals surface area contributed by atoms with Crippen molar-refractivity contribution >= 4 is 56.6 Å². The zero-order chi connectivity index (χ0) is 33.4. The first-order valence-electron chi connectivity index (χ1n) is 15.5. The maximum Gasteiger partial charge on any atom is 0.243 e. The van der Waals surface area contributed by atoms with E-state index in [1.807, 2.05) is 42.5 Å². The van der Waals surface area contributed by atoms with Crippen LogP contribution in [0.25, 0.3) is 0 Å². The molecule has 1 N–H and O–H groups in total. The standard InChI is InChI=1S/C36H36Cl3N3O4S/c37-30-14-8-28(9-15-30)25-42(35(43)19-12-26-10-17-32(18-11-26)47(45,46)41-20-4-5-21-41)34(22-27-6-2-1-3-7-27)36(44)40-24-29-13-16-31(38)23-33(29)39/h1-3,6-11,13-18,23,34H,4-5,12,19-22,24-25H2,(H,40,44)/t34-/m1/s1. The fourth-order valence-corrected chi connectivity index (χ4v) is 7.72. The zero-order valence-corrected chi connectivity index (χ0v) is 28.8. The average molecular weight is 713 g/mol. The smallest absolute Gasteiger partial charge is 0.243 e. The highest BCUT2D eigenvalue weighted by molar-refractivity contribution is 7.89. The molecule has 1 saturated heterocycles. The molecule has 0 saturated carbocycles. The third-order valence-electron chi connectivity index (χ3n) is 8.26. The molecule has 1 aliphatic rings. The van der Waals surface area contributed by atoms with E-state index in [-0.39, 0.29) is 36.2 Å². The van der Waals surface area contributed by atoms with Crippen molar-refractivity contribution in [2.45, 2.75) is 56.1 Å². The number of hydrogen-bond donors (Lipinski definition) is 1. The van der Waals surface area contributed by atoms with E-state index in [9.17, 15) is 18.0 Å². The highest BCUT2D eigenvalue weighted by Crippen LogP contribution is 2.24. The van der Waals surface area contributed by atoms with Crippen LogP contribution < -0.4 is 5.32 Å². The number of nitrogens with one attached hydrogen (secondary N) is 1. The predicted octanol–water partition coefficient (Wildman–Crippen LogP) is 7.32. The van der Waals surface area contributed by atoms with Crippen molar-refractivity contribution in [3.63, 3.8) is 0 Å². The molecular formula is C36H36Cl3N3O4S. The summed E-state index contributed by atoms with van der Waals surface area (Å²) in [5.74, 6) is -0.534. The van der Waals surface area contributed by atoms with Gasteiger partial charge in [0.25, 0.3) is 0 Å². The molecule has 0 aromatic heterocycles. The third-order valence-corrected chi connectivity index (χ3v) is 11.0. The van der Waals surface area contributed by atoms with Crippen molar-refractivity contribution in [1.82, 2.24) is 14.5 Å². The number of halogens is 3. The van der Waals surface area contributed by atoms with Gasteiger partial charge in [-0.3, -0.25) is 9.59 Å². The minimum absolute atomic E-state index is 0.118. The molecule has 0 unspecified atom stereocenters. The van der Waals surface area contributed by atoms with Crippen LogP contribution in [-0.4, -0.2) is 48.6 Å². The number of rotatable bonds is 13. The minimum atomic E-state index is -3.53. The van der Waals surface area contributed by atoms with E-state index in [1.54, 1.807) is 59.5 Å². The molecule has 1 fully saturated rings. The van der Waals surface area contributed by atoms with Crippen LogP contribution >= 0.6 is 34.8 Å². The first-order valence-corrected chi connectivity index (χ1v) is 18.1. The molecule has 1 aliphatic heterocycles. The number of sulfonamides is 1. The molecule has 246 valence electrons. The molecule has 0 radical (unpaired) electrons. The molecule has 5 rings (SSSR count). The van der Waals surface area contributed by atoms with Gasteiger partial charge in [-0.2, -0.15) is 4.31 Å². The monoisotopic (exact) mass is 711 g/mol. The van der Waals surface area contributed by atoms with E-state index < -0.39 is 16.1 Å². The summed E-state index contributed by atoms with van der Waals surface area (Å²) in [7, 11) is -3.53. The lowest BCUT2D eigenvalue weighted by molar-refractivity contribution is -0.141. The van der Waals surface area contributed by atoms with Gasteiger partial charge in [0.2, 0.25) is 21.8 Å². The van der Waals surface area contributed by atoms with Crippen molar-refractivity contribution in [2.24, 2.45) is 0 Å². The number of carbonyl (C=O) groups is 2. The van der Waals surface area contributed by atoms with Crippen LogP contribution in [0.15, 0.2) is 102 Å². The molecule has 1 heterocycles. The Labute approximate surface area is 291 Å². The van der Waals surface area contributed by atoms with Gasteiger partial charge in [0.05, 0.1) is 4.90 Å². The van der Waals surface area contributed by atoms with Gasteiger partial charge in [-0.25, -0.2) is 8.42 Å². The van der Waals surface area contributed by atoms with E-state index in [2.05, 4.69) is 5.32 Å². The maximum absolute atomic E-state index is 14.1. The van der Waals surface area contributed by atoms with Gasteiger partial charge in [0.1, 0.15) is 6.04 Å². The van der Waals surface area contributed by atoms with E-state index in [0.717, 1.165) is 29.5 Å². The predicted molar refractivity (Wildman–Crippen MR) is 187 cm³/mol. The molecule has 0 spiro atoms. The molecular weight excluding hydrogens is 677 g/mol. The topological polar surface area (TPSA) is 86.8 Å². The Balaban J connectivity index is 1.37. The normalized spacial score (nSPS) is 14.1. The molecule has 0 bridgehead atoms. The first kappa shape index (κ1) is 34.9. The Hall–Kier alpha value is -3.40. The molecule has 11 heteroatoms. The molecule has 2 amide bonds. The summed E-state index contributed by atoms with van der Waals surface area (Å²) >= 11 is 18.6. The molecule has 1 atom stereocenters. The van der Waals surface area contributed by atoms with Crippen LogP contribution in [0.3, 0.4) is 0 Å². The van der Waals surface area contributed by atoms with Gasteiger partial charge < -0.3 is 10.2 Å². The third kappa shape index (κ3) is 9.36. The quantitative estimate of drug-likeness (QED) is 0.158. The van der Waals surface area contributed by atoms with Crippen molar-refractivity contribution in [3.05, 3.63) is 134 Å². The fourth-order valence-electron chi connectivity index (χ4n) is 5.61. The summed E-state index contributed by atoms with van der Waals surface area (Å²) in [6, 6.07) is 27.7. The van der Waals surface area contributed by atoms with Gasteiger partial charge in [-0.1, -0.05) is 95.5 Å². The molecule has 0 aliphatic carbocycles. The summed E-state index contributed by atoms with van der Waals surface area (Å²) < 4.78 is 27.4. The first-order chi connectivity index (χ1) is 22.6. The summed E-state index contributed by atoms with van der Waals surface area (Å²) in [4.78, 5) is 29.9. The highest BCUT2D eigenvalue weighted by atomic mass is 35.5. The van der Waals surface area contributed by atoms with Crippen molar-refractivity contribution < 1.29 is 18.0 Å². The summed E-state index contributed by atoms with van der Waals surface area (Å²) in [6.45, 7) is 1.42. The van der Waals surface area contributed by atoms with Crippen LogP contribution in [0, 0.1) is 0 Å². The molecule has 7 nitrogen and oxygen atoms in total. The lowest BCUT2D eigenvalue weighted by atomic mass is 10.0. The van der Waals surface area contributed by atoms with Gasteiger partial charge in [0, 0.05) is 54.1 Å². The van der Waals surface area contributed by atoms with Gasteiger partial charge in [-0.15, -0.1) is 0 Å². The minimum Gasteiger partial charge on any atom is -0.350 e. The van der Waals surface area contributed by atoms with E-state index in [0.29, 0.717) is 46.6 Å². The van der Waals surface area contributed by atoms with E-state index >= 15 is 0 Å². The van der Waals surface area contributed by atoms with Crippen LogP contribution in [0.1, 0.15) is 41.5 Å². The number of amides is 2. The largest absolute Gasteiger partial charge is 0.350 e. The number of carbonyl (C=O) groups excluding carboxylic acids is 2. The Kier molecular flexibility index (Phi) is 12.0. The van der Waals surface area contributed by atoms with E-state index in [4.69, 9.17) is 34.8 Å². The van der Waals surface area contributed by atoms with E-state index in [1.165, 1.54) is 4.31 Å². The molecule has 47 heavy (non-hydrogen) atoms. The second-order valence-electron chi connectivity index (χ2n) is 11.6. The van der Waals surface area contributed by atoms with Crippen molar-refractivity contribution in [2.75, 3.05) is 13.1 Å². The Morgan fingerprint density at radius 1 is 0.787 bits per heavy atom. The van der Waals surface area contributed by atoms with Crippen LogP contribution in [0.5, 0.6) is 0 Å². The fraction of sp³-hybridized carbons (Fsp3) is 0.278. The average Bonchev–Trinajstić information content (AvgIpc) is 3.63. The maximum atomic E-state index is 14.1. The second-order valence-corrected chi connectivity index (χ2v) is 14.8. The number of benzene rings is 4.